The van der Waals surface area contributed by atoms with E-state index in [-0.39, 0.29) is 33.5 Å². The van der Waals surface area contributed by atoms with Gasteiger partial charge in [0.15, 0.2) is 0 Å². The Bertz CT molecular complexity index is 3040. The molecule has 6 aliphatic rings. The van der Waals surface area contributed by atoms with Gasteiger partial charge in [-0.2, -0.15) is 0 Å². The second kappa shape index (κ2) is 19.7. The fourth-order valence-electron chi connectivity index (χ4n) is 11.1. The van der Waals surface area contributed by atoms with Gasteiger partial charge in [-0.1, -0.05) is 254 Å². The van der Waals surface area contributed by atoms with E-state index in [2.05, 4.69) is 288 Å². The number of allylic oxidation sites excluding steroid dienone is 12. The van der Waals surface area contributed by atoms with Crippen molar-refractivity contribution in [1.29, 1.82) is 0 Å². The lowest BCUT2D eigenvalue weighted by Gasteiger charge is -2.34. The first-order valence-electron chi connectivity index (χ1n) is 24.9. The van der Waals surface area contributed by atoms with E-state index in [0.29, 0.717) is 0 Å². The SMILES string of the molecule is C1=CC2SC(N(c3ccccc3)c3cc(N(C4=C(c5ccccc5)C5C=CC=CC5S4)c4ccccc4)cc(N(C4=C(c5ccccc5)C5C=CC=CC5S4)c4ccccc4)c3)=C(c3ccccc3)C2C=C1. The monoisotopic (exact) mass is 981 g/mol. The van der Waals surface area contributed by atoms with E-state index >= 15 is 0 Å². The Hall–Kier alpha value is -7.35. The molecule has 348 valence electrons. The first-order chi connectivity index (χ1) is 35.7. The van der Waals surface area contributed by atoms with Gasteiger partial charge in [0.05, 0.1) is 32.1 Å². The molecule has 3 heterocycles. The zero-order valence-electron chi connectivity index (χ0n) is 39.5. The molecule has 6 unspecified atom stereocenters. The van der Waals surface area contributed by atoms with Crippen molar-refractivity contribution in [2.45, 2.75) is 15.7 Å². The van der Waals surface area contributed by atoms with E-state index < -0.39 is 0 Å². The van der Waals surface area contributed by atoms with Gasteiger partial charge < -0.3 is 14.7 Å². The van der Waals surface area contributed by atoms with Crippen LogP contribution in [-0.2, 0) is 0 Å². The average molecular weight is 982 g/mol. The smallest absolute Gasteiger partial charge is 0.0849 e. The first kappa shape index (κ1) is 44.6. The van der Waals surface area contributed by atoms with E-state index in [1.165, 1.54) is 48.5 Å². The van der Waals surface area contributed by atoms with Crippen LogP contribution >= 0.6 is 35.3 Å². The van der Waals surface area contributed by atoms with Crippen molar-refractivity contribution in [3.05, 3.63) is 305 Å². The number of nitrogens with zero attached hydrogens (tertiary/aromatic N) is 3. The number of rotatable bonds is 12. The summed E-state index contributed by atoms with van der Waals surface area (Å²) < 4.78 is 0. The van der Waals surface area contributed by atoms with Crippen LogP contribution in [0.1, 0.15) is 16.7 Å². The van der Waals surface area contributed by atoms with Gasteiger partial charge in [-0.05, 0) is 88.0 Å². The molecule has 0 bridgehead atoms. The zero-order chi connectivity index (χ0) is 47.8. The first-order valence-corrected chi connectivity index (χ1v) is 27.5. The second-order valence-corrected chi connectivity index (χ2v) is 22.1. The Morgan fingerprint density at radius 1 is 0.250 bits per heavy atom. The summed E-state index contributed by atoms with van der Waals surface area (Å²) in [6.07, 6.45) is 27.7. The van der Waals surface area contributed by atoms with Gasteiger partial charge in [-0.25, -0.2) is 0 Å². The summed E-state index contributed by atoms with van der Waals surface area (Å²) in [5, 5.41) is 4.48. The van der Waals surface area contributed by atoms with Gasteiger partial charge >= 0.3 is 0 Å². The van der Waals surface area contributed by atoms with Crippen molar-refractivity contribution in [3.63, 3.8) is 0 Å². The van der Waals surface area contributed by atoms with Crippen LogP contribution < -0.4 is 14.7 Å². The highest BCUT2D eigenvalue weighted by Crippen LogP contribution is 2.58. The number of fused-ring (bicyclic) bond motifs is 3. The molecule has 72 heavy (non-hydrogen) atoms. The molecule has 0 saturated heterocycles. The largest absolute Gasteiger partial charge is 0.304 e. The highest BCUT2D eigenvalue weighted by atomic mass is 32.2. The van der Waals surface area contributed by atoms with E-state index in [4.69, 9.17) is 0 Å². The number of anilines is 6. The van der Waals surface area contributed by atoms with E-state index in [9.17, 15) is 0 Å². The molecule has 0 fully saturated rings. The maximum atomic E-state index is 2.56. The fraction of sp³-hybridized carbons (Fsp3) is 0.0909. The summed E-state index contributed by atoms with van der Waals surface area (Å²) in [5.41, 5.74) is 14.4. The molecule has 7 aromatic carbocycles. The summed E-state index contributed by atoms with van der Waals surface area (Å²) in [7, 11) is 0. The Morgan fingerprint density at radius 3 is 0.750 bits per heavy atom. The van der Waals surface area contributed by atoms with Crippen LogP contribution in [0.25, 0.3) is 16.7 Å². The predicted molar refractivity (Wildman–Crippen MR) is 312 cm³/mol. The summed E-state index contributed by atoms with van der Waals surface area (Å²) in [6, 6.07) is 73.7. The molecule has 0 spiro atoms. The number of hydrogen-bond acceptors (Lipinski definition) is 6. The molecule has 0 N–H and O–H groups in total. The molecule has 3 aliphatic carbocycles. The molecule has 0 radical (unpaired) electrons. The molecule has 3 nitrogen and oxygen atoms in total. The lowest BCUT2D eigenvalue weighted by molar-refractivity contribution is 0.874. The van der Waals surface area contributed by atoms with Crippen LogP contribution in [0.5, 0.6) is 0 Å². The minimum atomic E-state index is 0.212. The quantitative estimate of drug-likeness (QED) is 0.120. The normalized spacial score (nSPS) is 22.3. The van der Waals surface area contributed by atoms with E-state index in [0.717, 1.165) is 34.1 Å². The Morgan fingerprint density at radius 2 is 0.486 bits per heavy atom. The molecule has 3 aliphatic heterocycles. The highest BCUT2D eigenvalue weighted by Gasteiger charge is 2.42. The summed E-state index contributed by atoms with van der Waals surface area (Å²) >= 11 is 5.92. The standard InChI is InChI=1S/C66H51N3S3/c1-7-25-46(26-8-1)61-55-37-19-22-40-58(55)70-64(61)67(49-31-13-4-14-32-49)52-43-53(68(50-33-15-5-16-34-50)65-62(47-27-9-2-10-28-47)56-38-20-23-41-59(56)71-65)45-54(44-52)69(51-35-17-6-18-36-51)66-63(48-29-11-3-12-30-48)57-39-21-24-42-60(57)72-66/h1-45,55-60H. The van der Waals surface area contributed by atoms with Gasteiger partial charge in [0.25, 0.3) is 0 Å². The molecular weight excluding hydrogens is 931 g/mol. The van der Waals surface area contributed by atoms with Crippen LogP contribution in [0.2, 0.25) is 0 Å². The number of thioether (sulfide) groups is 3. The van der Waals surface area contributed by atoms with Gasteiger partial charge in [-0.15, -0.1) is 0 Å². The van der Waals surface area contributed by atoms with Gasteiger partial charge in [0, 0.05) is 50.6 Å². The highest BCUT2D eigenvalue weighted by molar-refractivity contribution is 8.05. The summed E-state index contributed by atoms with van der Waals surface area (Å²) in [5.74, 6) is 0.635. The maximum Gasteiger partial charge on any atom is 0.0849 e. The van der Waals surface area contributed by atoms with Crippen LogP contribution in [0.15, 0.2) is 288 Å². The van der Waals surface area contributed by atoms with Crippen LogP contribution in [0.4, 0.5) is 34.1 Å². The fourth-order valence-corrected chi connectivity index (χ4v) is 15.5. The molecule has 6 heteroatoms. The van der Waals surface area contributed by atoms with Crippen molar-refractivity contribution in [2.75, 3.05) is 14.7 Å². The number of benzene rings is 7. The minimum absolute atomic E-state index is 0.212. The van der Waals surface area contributed by atoms with Gasteiger partial charge in [0.2, 0.25) is 0 Å². The third kappa shape index (κ3) is 8.27. The predicted octanol–water partition coefficient (Wildman–Crippen LogP) is 17.8. The third-order valence-electron chi connectivity index (χ3n) is 14.3. The van der Waals surface area contributed by atoms with Crippen molar-refractivity contribution in [2.24, 2.45) is 17.8 Å². The van der Waals surface area contributed by atoms with Crippen LogP contribution in [-0.4, -0.2) is 15.7 Å². The third-order valence-corrected chi connectivity index (χ3v) is 18.3. The average Bonchev–Trinajstić information content (AvgIpc) is 4.15. The van der Waals surface area contributed by atoms with E-state index in [1.807, 2.05) is 35.3 Å². The molecule has 0 saturated carbocycles. The molecule has 13 rings (SSSR count). The molecule has 6 atom stereocenters. The Kier molecular flexibility index (Phi) is 12.2. The number of para-hydroxylation sites is 3. The zero-order valence-corrected chi connectivity index (χ0v) is 42.0. The van der Waals surface area contributed by atoms with Crippen LogP contribution in [0, 0.1) is 17.8 Å². The molecular formula is C66H51N3S3. The maximum absolute atomic E-state index is 2.56. The van der Waals surface area contributed by atoms with Crippen LogP contribution in [0.3, 0.4) is 0 Å². The van der Waals surface area contributed by atoms with Crippen molar-refractivity contribution >= 4 is 86.1 Å². The molecule has 0 amide bonds. The Labute approximate surface area is 436 Å². The summed E-state index contributed by atoms with van der Waals surface area (Å²) in [4.78, 5) is 7.68. The van der Waals surface area contributed by atoms with Crippen molar-refractivity contribution in [1.82, 2.24) is 0 Å². The molecule has 0 aromatic heterocycles. The van der Waals surface area contributed by atoms with E-state index in [1.54, 1.807) is 0 Å². The number of hydrogen-bond donors (Lipinski definition) is 0. The Balaban J connectivity index is 1.13. The minimum Gasteiger partial charge on any atom is -0.304 e. The van der Waals surface area contributed by atoms with Gasteiger partial charge in [-0.3, -0.25) is 0 Å². The van der Waals surface area contributed by atoms with Gasteiger partial charge in [0.1, 0.15) is 0 Å². The van der Waals surface area contributed by atoms with Crippen molar-refractivity contribution < 1.29 is 0 Å². The second-order valence-electron chi connectivity index (χ2n) is 18.6. The lowest BCUT2D eigenvalue weighted by atomic mass is 9.87. The summed E-state index contributed by atoms with van der Waals surface area (Å²) in [6.45, 7) is 0. The lowest BCUT2D eigenvalue weighted by Crippen LogP contribution is -2.21. The topological polar surface area (TPSA) is 9.72 Å². The molecule has 7 aromatic rings. The van der Waals surface area contributed by atoms with Crippen molar-refractivity contribution in [3.8, 4) is 0 Å².